The van der Waals surface area contributed by atoms with Gasteiger partial charge in [-0.1, -0.05) is 153 Å². The van der Waals surface area contributed by atoms with Crippen LogP contribution in [0.3, 0.4) is 0 Å². The van der Waals surface area contributed by atoms with Gasteiger partial charge in [0.15, 0.2) is 0 Å². The lowest BCUT2D eigenvalue weighted by molar-refractivity contribution is -0.870. The molecule has 3 atom stereocenters. The maximum absolute atomic E-state index is 12.8. The van der Waals surface area contributed by atoms with Gasteiger partial charge in [-0.25, -0.2) is 0 Å². The van der Waals surface area contributed by atoms with Gasteiger partial charge in [0, 0.05) is 6.42 Å². The smallest absolute Gasteiger partial charge is 0.268 e. The van der Waals surface area contributed by atoms with Crippen LogP contribution in [0.25, 0.3) is 0 Å². The Bertz CT molecular complexity index is 948. The van der Waals surface area contributed by atoms with Gasteiger partial charge in [-0.2, -0.15) is 0 Å². The van der Waals surface area contributed by atoms with E-state index >= 15 is 0 Å². The largest absolute Gasteiger partial charge is 0.756 e. The number of quaternary nitrogens is 1. The fourth-order valence-electron chi connectivity index (χ4n) is 5.87. The van der Waals surface area contributed by atoms with Crippen LogP contribution in [0.2, 0.25) is 0 Å². The molecule has 0 bridgehead atoms. The van der Waals surface area contributed by atoms with Gasteiger partial charge in [0.05, 0.1) is 39.9 Å². The Morgan fingerprint density at radius 2 is 1.08 bits per heavy atom. The number of aliphatic hydroxyl groups is 1. The molecule has 306 valence electrons. The van der Waals surface area contributed by atoms with E-state index in [1.807, 2.05) is 27.2 Å². The molecule has 2 N–H and O–H groups in total. The first-order chi connectivity index (χ1) is 25.0. The van der Waals surface area contributed by atoms with E-state index in [2.05, 4.69) is 43.5 Å². The number of phosphoric acid groups is 1. The molecular formula is C43H83N2O6P. The van der Waals surface area contributed by atoms with E-state index in [9.17, 15) is 19.4 Å². The van der Waals surface area contributed by atoms with E-state index in [0.717, 1.165) is 51.4 Å². The van der Waals surface area contributed by atoms with E-state index in [4.69, 9.17) is 9.05 Å². The van der Waals surface area contributed by atoms with Crippen molar-refractivity contribution in [3.8, 4) is 0 Å². The minimum absolute atomic E-state index is 0.00807. The van der Waals surface area contributed by atoms with Gasteiger partial charge < -0.3 is 28.8 Å². The molecule has 8 nitrogen and oxygen atoms in total. The lowest BCUT2D eigenvalue weighted by Crippen LogP contribution is -2.45. The van der Waals surface area contributed by atoms with E-state index in [-0.39, 0.29) is 12.5 Å². The summed E-state index contributed by atoms with van der Waals surface area (Å²) in [5, 5.41) is 13.7. The van der Waals surface area contributed by atoms with Crippen molar-refractivity contribution in [3.05, 3.63) is 36.5 Å². The molecule has 0 aliphatic heterocycles. The Kier molecular flexibility index (Phi) is 34.6. The van der Waals surface area contributed by atoms with Crippen molar-refractivity contribution in [2.45, 2.75) is 193 Å². The minimum Gasteiger partial charge on any atom is -0.756 e. The standard InChI is InChI=1S/C43H83N2O6P/c1-6-8-10-12-14-16-18-20-22-23-25-27-29-31-33-35-37-43(47)44-41(40-51-52(48,49)50-39-38-45(3,4)5)42(46)36-34-32-30-28-26-24-21-19-17-15-13-11-9-7-2/h22-23,26,28,34,36,41-42,46H,6-21,24-25,27,29-33,35,37-40H2,1-5H3,(H-,44,47,48,49)/b23-22-,28-26+,36-34+. The van der Waals surface area contributed by atoms with Crippen molar-refractivity contribution in [1.82, 2.24) is 5.32 Å². The number of amides is 1. The van der Waals surface area contributed by atoms with Crippen LogP contribution in [-0.2, 0) is 18.4 Å². The van der Waals surface area contributed by atoms with Crippen molar-refractivity contribution in [2.24, 2.45) is 0 Å². The fourth-order valence-corrected chi connectivity index (χ4v) is 6.59. The average molecular weight is 755 g/mol. The third-order valence-electron chi connectivity index (χ3n) is 9.32. The minimum atomic E-state index is -4.59. The molecule has 0 fully saturated rings. The van der Waals surface area contributed by atoms with Gasteiger partial charge >= 0.3 is 0 Å². The van der Waals surface area contributed by atoms with Gasteiger partial charge in [0.1, 0.15) is 13.2 Å². The number of hydrogen-bond acceptors (Lipinski definition) is 6. The molecule has 0 saturated heterocycles. The average Bonchev–Trinajstić information content (AvgIpc) is 3.09. The zero-order chi connectivity index (χ0) is 38.6. The molecule has 52 heavy (non-hydrogen) atoms. The fraction of sp³-hybridized carbons (Fsp3) is 0.837. The molecular weight excluding hydrogens is 671 g/mol. The van der Waals surface area contributed by atoms with Crippen molar-refractivity contribution in [1.29, 1.82) is 0 Å². The molecule has 0 aliphatic carbocycles. The zero-order valence-electron chi connectivity index (χ0n) is 34.5. The molecule has 0 aliphatic rings. The summed E-state index contributed by atoms with van der Waals surface area (Å²) >= 11 is 0. The van der Waals surface area contributed by atoms with Crippen LogP contribution in [-0.4, -0.2) is 68.5 Å². The van der Waals surface area contributed by atoms with Gasteiger partial charge in [-0.3, -0.25) is 9.36 Å². The first-order valence-corrected chi connectivity index (χ1v) is 22.8. The molecule has 1 amide bonds. The number of phosphoric ester groups is 1. The van der Waals surface area contributed by atoms with Crippen molar-refractivity contribution >= 4 is 13.7 Å². The summed E-state index contributed by atoms with van der Waals surface area (Å²) in [4.78, 5) is 25.2. The Morgan fingerprint density at radius 3 is 1.56 bits per heavy atom. The number of hydrogen-bond donors (Lipinski definition) is 2. The maximum Gasteiger partial charge on any atom is 0.268 e. The molecule has 0 aromatic heterocycles. The highest BCUT2D eigenvalue weighted by atomic mass is 31.2. The highest BCUT2D eigenvalue weighted by Gasteiger charge is 2.23. The Hall–Kier alpha value is -1.28. The van der Waals surface area contributed by atoms with E-state index < -0.39 is 26.6 Å². The Morgan fingerprint density at radius 1 is 0.654 bits per heavy atom. The molecule has 0 radical (unpaired) electrons. The topological polar surface area (TPSA) is 108 Å². The van der Waals surface area contributed by atoms with Crippen LogP contribution in [0, 0.1) is 0 Å². The number of unbranched alkanes of at least 4 members (excludes halogenated alkanes) is 21. The first kappa shape index (κ1) is 50.7. The SMILES string of the molecule is CCCCCCCCC/C=C\CCCCCCCC(=O)NC(COP(=O)([O-])OCC[N+](C)(C)C)C(O)/C=C/CC/C=C/CCCCCCCCCC. The first-order valence-electron chi connectivity index (χ1n) is 21.4. The quantitative estimate of drug-likeness (QED) is 0.0281. The third kappa shape index (κ3) is 37.1. The number of aliphatic hydroxyl groups excluding tert-OH is 1. The molecule has 0 rings (SSSR count). The summed E-state index contributed by atoms with van der Waals surface area (Å²) in [5.74, 6) is -0.218. The highest BCUT2D eigenvalue weighted by molar-refractivity contribution is 7.45. The van der Waals surface area contributed by atoms with Gasteiger partial charge in [0.25, 0.3) is 7.82 Å². The zero-order valence-corrected chi connectivity index (χ0v) is 35.4. The van der Waals surface area contributed by atoms with Crippen LogP contribution in [0.1, 0.15) is 181 Å². The van der Waals surface area contributed by atoms with Crippen LogP contribution >= 0.6 is 7.82 Å². The number of rotatable bonds is 38. The van der Waals surface area contributed by atoms with Crippen LogP contribution in [0.15, 0.2) is 36.5 Å². The van der Waals surface area contributed by atoms with Gasteiger partial charge in [-0.05, 0) is 57.8 Å². The number of allylic oxidation sites excluding steroid dienone is 5. The maximum atomic E-state index is 12.8. The number of likely N-dealkylation sites (N-methyl/N-ethyl adjacent to an activating group) is 1. The molecule has 3 unspecified atom stereocenters. The summed E-state index contributed by atoms with van der Waals surface area (Å²) in [5.41, 5.74) is 0. The second-order valence-electron chi connectivity index (χ2n) is 15.7. The summed E-state index contributed by atoms with van der Waals surface area (Å²) in [6, 6.07) is -0.904. The van der Waals surface area contributed by atoms with Gasteiger partial charge in [0.2, 0.25) is 5.91 Å². The second-order valence-corrected chi connectivity index (χ2v) is 17.1. The summed E-state index contributed by atoms with van der Waals surface area (Å²) in [6.07, 6.45) is 41.9. The normalized spacial score (nSPS) is 14.8. The van der Waals surface area contributed by atoms with Crippen LogP contribution in [0.5, 0.6) is 0 Å². The second kappa shape index (κ2) is 35.4. The predicted molar refractivity (Wildman–Crippen MR) is 219 cm³/mol. The van der Waals surface area contributed by atoms with Crippen LogP contribution < -0.4 is 10.2 Å². The molecule has 0 aromatic rings. The van der Waals surface area contributed by atoms with Crippen LogP contribution in [0.4, 0.5) is 0 Å². The lowest BCUT2D eigenvalue weighted by atomic mass is 10.1. The summed E-state index contributed by atoms with van der Waals surface area (Å²) < 4.78 is 23.1. The molecule has 9 heteroatoms. The monoisotopic (exact) mass is 755 g/mol. The molecule has 0 saturated carbocycles. The molecule has 0 aromatic carbocycles. The van der Waals surface area contributed by atoms with E-state index in [1.54, 1.807) is 6.08 Å². The number of nitrogens with zero attached hydrogens (tertiary/aromatic N) is 1. The molecule has 0 spiro atoms. The lowest BCUT2D eigenvalue weighted by Gasteiger charge is -2.29. The number of carbonyl (C=O) groups excluding carboxylic acids is 1. The van der Waals surface area contributed by atoms with Gasteiger partial charge in [-0.15, -0.1) is 0 Å². The van der Waals surface area contributed by atoms with E-state index in [0.29, 0.717) is 17.4 Å². The number of nitrogens with one attached hydrogen (secondary N) is 1. The number of carbonyl (C=O) groups is 1. The predicted octanol–water partition coefficient (Wildman–Crippen LogP) is 10.9. The summed E-state index contributed by atoms with van der Waals surface area (Å²) in [7, 11) is 1.23. The van der Waals surface area contributed by atoms with Crippen molar-refractivity contribution in [2.75, 3.05) is 40.9 Å². The van der Waals surface area contributed by atoms with Crippen molar-refractivity contribution < 1.29 is 32.9 Å². The summed E-state index contributed by atoms with van der Waals surface area (Å²) in [6.45, 7) is 4.60. The molecule has 0 heterocycles. The Balaban J connectivity index is 4.52. The third-order valence-corrected chi connectivity index (χ3v) is 10.3. The van der Waals surface area contributed by atoms with Crippen molar-refractivity contribution in [3.63, 3.8) is 0 Å². The van der Waals surface area contributed by atoms with E-state index in [1.165, 1.54) is 109 Å². The highest BCUT2D eigenvalue weighted by Crippen LogP contribution is 2.38. The Labute approximate surface area is 321 Å².